The van der Waals surface area contributed by atoms with Crippen molar-refractivity contribution in [3.8, 4) is 5.75 Å². The topological polar surface area (TPSA) is 96.0 Å². The first-order valence-corrected chi connectivity index (χ1v) is 16.8. The molecular weight excluding hydrogens is 645 g/mol. The maximum atomic E-state index is 14.6. The summed E-state index contributed by atoms with van der Waals surface area (Å²) >= 11 is 12.3. The van der Waals surface area contributed by atoms with Crippen LogP contribution in [-0.2, 0) is 32.6 Å². The first-order valence-electron chi connectivity index (χ1n) is 14.6. The van der Waals surface area contributed by atoms with Crippen LogP contribution in [0.2, 0.25) is 10.0 Å². The summed E-state index contributed by atoms with van der Waals surface area (Å²) in [5, 5.41) is 3.67. The van der Waals surface area contributed by atoms with Gasteiger partial charge in [-0.2, -0.15) is 0 Å². The summed E-state index contributed by atoms with van der Waals surface area (Å²) in [6, 6.07) is 27.5. The molecule has 0 radical (unpaired) electrons. The fraction of sp³-hybridized carbons (Fsp3) is 0.257. The zero-order valence-corrected chi connectivity index (χ0v) is 28.4. The Bertz CT molecular complexity index is 1760. The summed E-state index contributed by atoms with van der Waals surface area (Å²) in [4.78, 5) is 29.9. The molecule has 8 nitrogen and oxygen atoms in total. The second-order valence-corrected chi connectivity index (χ2v) is 14.5. The van der Waals surface area contributed by atoms with Gasteiger partial charge in [0.1, 0.15) is 18.3 Å². The number of methoxy groups -OCH3 is 1. The van der Waals surface area contributed by atoms with Crippen LogP contribution in [0, 0.1) is 0 Å². The Labute approximate surface area is 280 Å². The predicted octanol–water partition coefficient (Wildman–Crippen LogP) is 6.75. The van der Waals surface area contributed by atoms with Crippen molar-refractivity contribution in [1.82, 2.24) is 10.2 Å². The summed E-state index contributed by atoms with van der Waals surface area (Å²) < 4.78 is 34.6. The van der Waals surface area contributed by atoms with E-state index in [2.05, 4.69) is 5.32 Å². The monoisotopic (exact) mass is 681 g/mol. The Kier molecular flexibility index (Phi) is 11.4. The van der Waals surface area contributed by atoms with E-state index in [0.717, 1.165) is 9.87 Å². The molecule has 0 heterocycles. The molecule has 46 heavy (non-hydrogen) atoms. The maximum absolute atomic E-state index is 14.6. The van der Waals surface area contributed by atoms with Gasteiger partial charge in [0.2, 0.25) is 11.8 Å². The summed E-state index contributed by atoms with van der Waals surface area (Å²) in [6.45, 7) is 4.98. The zero-order valence-electron chi connectivity index (χ0n) is 26.1. The van der Waals surface area contributed by atoms with Crippen molar-refractivity contribution >= 4 is 50.7 Å². The molecule has 0 spiro atoms. The van der Waals surface area contributed by atoms with E-state index < -0.39 is 34.1 Å². The van der Waals surface area contributed by atoms with Crippen LogP contribution in [0.5, 0.6) is 5.75 Å². The van der Waals surface area contributed by atoms with E-state index in [-0.39, 0.29) is 29.5 Å². The van der Waals surface area contributed by atoms with Crippen molar-refractivity contribution in [3.63, 3.8) is 0 Å². The molecule has 11 heteroatoms. The van der Waals surface area contributed by atoms with Gasteiger partial charge in [0, 0.05) is 28.5 Å². The first-order chi connectivity index (χ1) is 21.8. The molecule has 1 atom stereocenters. The third-order valence-electron chi connectivity index (χ3n) is 7.03. The quantitative estimate of drug-likeness (QED) is 0.178. The number of amides is 2. The number of benzene rings is 4. The third kappa shape index (κ3) is 9.25. The molecule has 242 valence electrons. The molecule has 4 aromatic carbocycles. The Morgan fingerprint density at radius 3 is 2.11 bits per heavy atom. The SMILES string of the molecule is COc1cccc(CN(C(=O)CN(c2cccc(Cl)c2)S(=O)(=O)c2ccc(Cl)cc2)C(Cc2ccccc2)C(=O)NC(C)(C)C)c1. The lowest BCUT2D eigenvalue weighted by atomic mass is 10.0. The number of halogens is 2. The number of ether oxygens (including phenoxy) is 1. The van der Waals surface area contributed by atoms with Crippen molar-refractivity contribution in [1.29, 1.82) is 0 Å². The molecule has 4 aromatic rings. The normalized spacial score (nSPS) is 12.2. The summed E-state index contributed by atoms with van der Waals surface area (Å²) in [5.74, 6) is -0.387. The molecule has 0 aromatic heterocycles. The minimum atomic E-state index is -4.29. The van der Waals surface area contributed by atoms with Crippen molar-refractivity contribution in [2.24, 2.45) is 0 Å². The van der Waals surface area contributed by atoms with E-state index in [4.69, 9.17) is 27.9 Å². The van der Waals surface area contributed by atoms with Gasteiger partial charge in [0.05, 0.1) is 17.7 Å². The van der Waals surface area contributed by atoms with Gasteiger partial charge in [0.25, 0.3) is 10.0 Å². The van der Waals surface area contributed by atoms with Gasteiger partial charge in [-0.15, -0.1) is 0 Å². The Morgan fingerprint density at radius 2 is 1.48 bits per heavy atom. The maximum Gasteiger partial charge on any atom is 0.264 e. The fourth-order valence-corrected chi connectivity index (χ4v) is 6.58. The largest absolute Gasteiger partial charge is 0.497 e. The first kappa shape index (κ1) is 34.8. The molecular formula is C35H37Cl2N3O5S. The highest BCUT2D eigenvalue weighted by molar-refractivity contribution is 7.92. The van der Waals surface area contributed by atoms with Crippen LogP contribution in [0.3, 0.4) is 0 Å². The average Bonchev–Trinajstić information content (AvgIpc) is 3.01. The Balaban J connectivity index is 1.83. The number of nitrogens with one attached hydrogen (secondary N) is 1. The van der Waals surface area contributed by atoms with E-state index in [1.54, 1.807) is 43.5 Å². The number of anilines is 1. The van der Waals surface area contributed by atoms with Crippen LogP contribution in [0.15, 0.2) is 108 Å². The van der Waals surface area contributed by atoms with E-state index >= 15 is 0 Å². The van der Waals surface area contributed by atoms with Crippen LogP contribution < -0.4 is 14.4 Å². The molecule has 1 unspecified atom stereocenters. The number of rotatable bonds is 12. The molecule has 4 rings (SSSR count). The molecule has 0 saturated carbocycles. The second kappa shape index (κ2) is 15.0. The molecule has 1 N–H and O–H groups in total. The molecule has 0 fully saturated rings. The molecule has 0 saturated heterocycles. The highest BCUT2D eigenvalue weighted by Crippen LogP contribution is 2.28. The number of hydrogen-bond acceptors (Lipinski definition) is 5. The van der Waals surface area contributed by atoms with E-state index in [1.807, 2.05) is 57.2 Å². The summed E-state index contributed by atoms with van der Waals surface area (Å²) in [6.07, 6.45) is 0.194. The summed E-state index contributed by atoms with van der Waals surface area (Å²) in [5.41, 5.74) is 1.13. The van der Waals surface area contributed by atoms with Crippen LogP contribution in [0.4, 0.5) is 5.69 Å². The zero-order chi connectivity index (χ0) is 33.5. The third-order valence-corrected chi connectivity index (χ3v) is 9.31. The van der Waals surface area contributed by atoms with Crippen LogP contribution in [-0.4, -0.2) is 50.4 Å². The second-order valence-electron chi connectivity index (χ2n) is 11.8. The minimum absolute atomic E-state index is 0.00940. The van der Waals surface area contributed by atoms with E-state index in [0.29, 0.717) is 21.4 Å². The van der Waals surface area contributed by atoms with E-state index in [9.17, 15) is 18.0 Å². The average molecular weight is 683 g/mol. The van der Waals surface area contributed by atoms with Gasteiger partial charge >= 0.3 is 0 Å². The van der Waals surface area contributed by atoms with Gasteiger partial charge in [-0.3, -0.25) is 13.9 Å². The van der Waals surface area contributed by atoms with Crippen molar-refractivity contribution < 1.29 is 22.7 Å². The molecule has 0 aliphatic rings. The van der Waals surface area contributed by atoms with E-state index in [1.165, 1.54) is 35.2 Å². The van der Waals surface area contributed by atoms with Gasteiger partial charge < -0.3 is 15.0 Å². The van der Waals surface area contributed by atoms with Gasteiger partial charge in [-0.05, 0) is 86.5 Å². The van der Waals surface area contributed by atoms with Gasteiger partial charge in [-0.1, -0.05) is 71.7 Å². The van der Waals surface area contributed by atoms with Crippen molar-refractivity contribution in [3.05, 3.63) is 124 Å². The lowest BCUT2D eigenvalue weighted by molar-refractivity contribution is -0.140. The lowest BCUT2D eigenvalue weighted by Gasteiger charge is -2.35. The van der Waals surface area contributed by atoms with Gasteiger partial charge in [0.15, 0.2) is 0 Å². The standard InChI is InChI=1S/C35H37Cl2N3O5S/c1-35(2,3)38-34(42)32(21-25-10-6-5-7-11-25)39(23-26-12-8-15-30(20-26)45-4)33(41)24-40(29-14-9-13-28(37)22-29)46(43,44)31-18-16-27(36)17-19-31/h5-20,22,32H,21,23-24H2,1-4H3,(H,38,42). The molecule has 0 aliphatic carbocycles. The van der Waals surface area contributed by atoms with Crippen LogP contribution in [0.25, 0.3) is 0 Å². The minimum Gasteiger partial charge on any atom is -0.497 e. The number of carbonyl (C=O) groups excluding carboxylic acids is 2. The molecule has 0 aliphatic heterocycles. The number of hydrogen-bond donors (Lipinski definition) is 1. The summed E-state index contributed by atoms with van der Waals surface area (Å²) in [7, 11) is -2.74. The van der Waals surface area contributed by atoms with Crippen molar-refractivity contribution in [2.75, 3.05) is 18.0 Å². The van der Waals surface area contributed by atoms with Crippen LogP contribution in [0.1, 0.15) is 31.9 Å². The molecule has 2 amide bonds. The van der Waals surface area contributed by atoms with Gasteiger partial charge in [-0.25, -0.2) is 8.42 Å². The number of carbonyl (C=O) groups is 2. The highest BCUT2D eigenvalue weighted by Gasteiger charge is 2.35. The predicted molar refractivity (Wildman–Crippen MR) is 183 cm³/mol. The molecule has 0 bridgehead atoms. The number of nitrogens with zero attached hydrogens (tertiary/aromatic N) is 2. The Morgan fingerprint density at radius 1 is 0.826 bits per heavy atom. The smallest absolute Gasteiger partial charge is 0.264 e. The Hall–Kier alpha value is -4.05. The fourth-order valence-electron chi connectivity index (χ4n) is 4.87. The highest BCUT2D eigenvalue weighted by atomic mass is 35.5. The van der Waals surface area contributed by atoms with Crippen LogP contribution >= 0.6 is 23.2 Å². The lowest BCUT2D eigenvalue weighted by Crippen LogP contribution is -2.56. The number of sulfonamides is 1. The van der Waals surface area contributed by atoms with Crippen molar-refractivity contribution in [2.45, 2.75) is 50.2 Å².